The molecule has 2 rings (SSSR count). The van der Waals surface area contributed by atoms with E-state index in [1.807, 2.05) is 37.4 Å². The molecule has 0 heterocycles. The van der Waals surface area contributed by atoms with Gasteiger partial charge in [-0.2, -0.15) is 16.5 Å². The van der Waals surface area contributed by atoms with Crippen molar-refractivity contribution in [3.05, 3.63) is 59.9 Å². The third-order valence-electron chi connectivity index (χ3n) is 4.39. The molecule has 1 unspecified atom stereocenters. The minimum Gasteiger partial charge on any atom is -0.494 e. The largest absolute Gasteiger partial charge is 0.494 e. The highest BCUT2D eigenvalue weighted by Gasteiger charge is 2.29. The van der Waals surface area contributed by atoms with Gasteiger partial charge >= 0.3 is 0 Å². The minimum absolute atomic E-state index is 0.256. The molecule has 9 heteroatoms. The van der Waals surface area contributed by atoms with E-state index in [1.165, 1.54) is 34.9 Å². The number of hydrogen-bond acceptors (Lipinski definition) is 5. The maximum atomic E-state index is 14.0. The Kier molecular flexibility index (Phi) is 9.13. The summed E-state index contributed by atoms with van der Waals surface area (Å²) in [5.41, 5.74) is 0.816. The first-order chi connectivity index (χ1) is 14.3. The maximum Gasteiger partial charge on any atom is 0.244 e. The van der Waals surface area contributed by atoms with Gasteiger partial charge in [-0.15, -0.1) is 0 Å². The molecule has 0 aliphatic heterocycles. The summed E-state index contributed by atoms with van der Waals surface area (Å²) in [6, 6.07) is 11.5. The molecular weight excluding hydrogens is 427 g/mol. The highest BCUT2D eigenvalue weighted by atomic mass is 32.2. The highest BCUT2D eigenvalue weighted by Crippen LogP contribution is 2.21. The third kappa shape index (κ3) is 6.45. The van der Waals surface area contributed by atoms with Crippen LogP contribution in [0.4, 0.5) is 4.39 Å². The predicted molar refractivity (Wildman–Crippen MR) is 118 cm³/mol. The lowest BCUT2D eigenvalue weighted by Crippen LogP contribution is -2.47. The molecular formula is C21H27FN2O4S2. The van der Waals surface area contributed by atoms with Crippen molar-refractivity contribution in [2.24, 2.45) is 0 Å². The summed E-state index contributed by atoms with van der Waals surface area (Å²) >= 11 is 1.50. The molecule has 1 N–H and O–H groups in total. The van der Waals surface area contributed by atoms with Crippen LogP contribution in [0.5, 0.6) is 5.75 Å². The fourth-order valence-electron chi connectivity index (χ4n) is 2.91. The maximum absolute atomic E-state index is 14.0. The number of rotatable bonds is 11. The Balaban J connectivity index is 2.21. The molecule has 0 saturated carbocycles. The van der Waals surface area contributed by atoms with Crippen LogP contribution in [-0.4, -0.2) is 50.9 Å². The lowest BCUT2D eigenvalue weighted by molar-refractivity contribution is -0.132. The number of benzene rings is 2. The number of carbonyl (C=O) groups is 1. The van der Waals surface area contributed by atoms with Crippen molar-refractivity contribution in [1.82, 2.24) is 9.62 Å². The zero-order chi connectivity index (χ0) is 22.1. The molecule has 2 aromatic carbocycles. The SMILES string of the molecule is CCOc1ccccc1CN(C)C(=O)C(CCSC)NS(=O)(=O)c1ccccc1F. The van der Waals surface area contributed by atoms with Crippen LogP contribution in [-0.2, 0) is 21.4 Å². The lowest BCUT2D eigenvalue weighted by atomic mass is 10.1. The number of nitrogens with zero attached hydrogens (tertiary/aromatic N) is 1. The molecule has 0 bridgehead atoms. The van der Waals surface area contributed by atoms with Crippen molar-refractivity contribution >= 4 is 27.7 Å². The quantitative estimate of drug-likeness (QED) is 0.564. The number of halogens is 1. The van der Waals surface area contributed by atoms with E-state index in [0.29, 0.717) is 18.1 Å². The molecule has 1 atom stereocenters. The van der Waals surface area contributed by atoms with Crippen LogP contribution in [0, 0.1) is 5.82 Å². The number of sulfonamides is 1. The number of para-hydroxylation sites is 1. The number of hydrogen-bond donors (Lipinski definition) is 1. The van der Waals surface area contributed by atoms with Crippen LogP contribution < -0.4 is 9.46 Å². The van der Waals surface area contributed by atoms with Crippen LogP contribution >= 0.6 is 11.8 Å². The molecule has 0 aliphatic carbocycles. The van der Waals surface area contributed by atoms with Crippen LogP contribution in [0.15, 0.2) is 53.4 Å². The van der Waals surface area contributed by atoms with Crippen molar-refractivity contribution in [2.45, 2.75) is 30.8 Å². The van der Waals surface area contributed by atoms with Crippen molar-refractivity contribution in [3.63, 3.8) is 0 Å². The first-order valence-corrected chi connectivity index (χ1v) is 12.4. The fraction of sp³-hybridized carbons (Fsp3) is 0.381. The highest BCUT2D eigenvalue weighted by molar-refractivity contribution is 7.98. The second kappa shape index (κ2) is 11.3. The average Bonchev–Trinajstić information content (AvgIpc) is 2.72. The Morgan fingerprint density at radius 3 is 2.53 bits per heavy atom. The topological polar surface area (TPSA) is 75.7 Å². The zero-order valence-electron chi connectivity index (χ0n) is 17.3. The summed E-state index contributed by atoms with van der Waals surface area (Å²) in [7, 11) is -2.59. The van der Waals surface area contributed by atoms with Crippen LogP contribution in [0.25, 0.3) is 0 Å². The lowest BCUT2D eigenvalue weighted by Gasteiger charge is -2.25. The van der Waals surface area contributed by atoms with Gasteiger partial charge in [-0.1, -0.05) is 30.3 Å². The first-order valence-electron chi connectivity index (χ1n) is 9.51. The average molecular weight is 455 g/mol. The molecule has 0 fully saturated rings. The van der Waals surface area contributed by atoms with Crippen LogP contribution in [0.2, 0.25) is 0 Å². The Morgan fingerprint density at radius 1 is 1.20 bits per heavy atom. The summed E-state index contributed by atoms with van der Waals surface area (Å²) in [6.07, 6.45) is 2.15. The van der Waals surface area contributed by atoms with E-state index >= 15 is 0 Å². The van der Waals surface area contributed by atoms with Crippen molar-refractivity contribution in [1.29, 1.82) is 0 Å². The summed E-state index contributed by atoms with van der Waals surface area (Å²) in [5, 5.41) is 0. The predicted octanol–water partition coefficient (Wildman–Crippen LogP) is 3.28. The van der Waals surface area contributed by atoms with Gasteiger partial charge in [-0.3, -0.25) is 4.79 Å². The van der Waals surface area contributed by atoms with Gasteiger partial charge < -0.3 is 9.64 Å². The number of carbonyl (C=O) groups excluding carboxylic acids is 1. The Bertz CT molecular complexity index is 954. The van der Waals surface area contributed by atoms with Gasteiger partial charge in [0.1, 0.15) is 22.5 Å². The smallest absolute Gasteiger partial charge is 0.244 e. The van der Waals surface area contributed by atoms with E-state index in [-0.39, 0.29) is 13.0 Å². The van der Waals surface area contributed by atoms with Gasteiger partial charge in [0.05, 0.1) is 6.61 Å². The van der Waals surface area contributed by atoms with E-state index in [0.717, 1.165) is 11.6 Å². The fourth-order valence-corrected chi connectivity index (χ4v) is 4.69. The molecule has 2 aromatic rings. The standard InChI is InChI=1S/C21H27FN2O4S2/c1-4-28-19-11-7-5-9-16(19)15-24(2)21(25)18(13-14-29-3)23-30(26,27)20-12-8-6-10-17(20)22/h5-12,18,23H,4,13-15H2,1-3H3. The Labute approximate surface area is 181 Å². The normalized spacial score (nSPS) is 12.4. The Morgan fingerprint density at radius 2 is 1.87 bits per heavy atom. The van der Waals surface area contributed by atoms with E-state index in [1.54, 1.807) is 7.05 Å². The number of amides is 1. The Hall–Kier alpha value is -2.10. The molecule has 6 nitrogen and oxygen atoms in total. The molecule has 30 heavy (non-hydrogen) atoms. The van der Waals surface area contributed by atoms with E-state index < -0.39 is 32.7 Å². The number of thioether (sulfide) groups is 1. The van der Waals surface area contributed by atoms with Gasteiger partial charge in [0.2, 0.25) is 15.9 Å². The minimum atomic E-state index is -4.20. The molecule has 164 valence electrons. The number of nitrogens with one attached hydrogen (secondary N) is 1. The van der Waals surface area contributed by atoms with E-state index in [2.05, 4.69) is 4.72 Å². The van der Waals surface area contributed by atoms with Gasteiger partial charge in [-0.05, 0) is 43.6 Å². The van der Waals surface area contributed by atoms with E-state index in [9.17, 15) is 17.6 Å². The zero-order valence-corrected chi connectivity index (χ0v) is 18.9. The molecule has 0 aliphatic rings. The van der Waals surface area contributed by atoms with Gasteiger partial charge in [-0.25, -0.2) is 12.8 Å². The summed E-state index contributed by atoms with van der Waals surface area (Å²) < 4.78 is 47.4. The van der Waals surface area contributed by atoms with Gasteiger partial charge in [0.25, 0.3) is 0 Å². The first kappa shape index (κ1) is 24.2. The second-order valence-electron chi connectivity index (χ2n) is 6.62. The van der Waals surface area contributed by atoms with Crippen molar-refractivity contribution < 1.29 is 22.3 Å². The van der Waals surface area contributed by atoms with Gasteiger partial charge in [0.15, 0.2) is 0 Å². The molecule has 0 spiro atoms. The van der Waals surface area contributed by atoms with Crippen molar-refractivity contribution in [2.75, 3.05) is 25.7 Å². The number of ether oxygens (including phenoxy) is 1. The summed E-state index contributed by atoms with van der Waals surface area (Å²) in [4.78, 5) is 14.0. The monoisotopic (exact) mass is 454 g/mol. The molecule has 0 radical (unpaired) electrons. The molecule has 1 amide bonds. The van der Waals surface area contributed by atoms with E-state index in [4.69, 9.17) is 4.74 Å². The molecule has 0 aromatic heterocycles. The van der Waals surface area contributed by atoms with Crippen LogP contribution in [0.3, 0.4) is 0 Å². The van der Waals surface area contributed by atoms with Gasteiger partial charge in [0, 0.05) is 19.2 Å². The second-order valence-corrected chi connectivity index (χ2v) is 9.29. The number of likely N-dealkylation sites (N-methyl/N-ethyl adjacent to an activating group) is 1. The summed E-state index contributed by atoms with van der Waals surface area (Å²) in [6.45, 7) is 2.63. The third-order valence-corrected chi connectivity index (χ3v) is 6.54. The van der Waals surface area contributed by atoms with Crippen molar-refractivity contribution in [3.8, 4) is 5.75 Å². The molecule has 0 saturated heterocycles. The summed E-state index contributed by atoms with van der Waals surface area (Å²) in [5.74, 6) is -0.0119. The van der Waals surface area contributed by atoms with Crippen LogP contribution in [0.1, 0.15) is 18.9 Å².